The lowest BCUT2D eigenvalue weighted by atomic mass is 9.94. The first-order chi connectivity index (χ1) is 8.84. The molecule has 0 bridgehead atoms. The second kappa shape index (κ2) is 5.57. The van der Waals surface area contributed by atoms with Crippen molar-refractivity contribution in [2.75, 3.05) is 19.8 Å². The van der Waals surface area contributed by atoms with E-state index in [9.17, 15) is 4.79 Å². The van der Waals surface area contributed by atoms with Gasteiger partial charge in [-0.25, -0.2) is 0 Å². The lowest BCUT2D eigenvalue weighted by molar-refractivity contribution is -0.152. The molecule has 4 nitrogen and oxygen atoms in total. The molecule has 1 aliphatic carbocycles. The van der Waals surface area contributed by atoms with Gasteiger partial charge in [0.1, 0.15) is 12.6 Å². The maximum atomic E-state index is 12.1. The maximum Gasteiger partial charge on any atom is 0.323 e. The van der Waals surface area contributed by atoms with Crippen LogP contribution in [0.2, 0.25) is 0 Å². The summed E-state index contributed by atoms with van der Waals surface area (Å²) in [6, 6.07) is -0.0545. The van der Waals surface area contributed by atoms with Gasteiger partial charge in [-0.3, -0.25) is 4.79 Å². The Balaban J connectivity index is 1.46. The molecule has 1 N–H and O–H groups in total. The normalized spacial score (nSPS) is 39.6. The Morgan fingerprint density at radius 1 is 1.22 bits per heavy atom. The Morgan fingerprint density at radius 3 is 3.00 bits per heavy atom. The molecule has 3 fully saturated rings. The molecule has 4 heteroatoms. The summed E-state index contributed by atoms with van der Waals surface area (Å²) < 4.78 is 11.0. The zero-order valence-electron chi connectivity index (χ0n) is 10.9. The van der Waals surface area contributed by atoms with Gasteiger partial charge in [-0.05, 0) is 50.5 Å². The fourth-order valence-corrected chi connectivity index (χ4v) is 3.65. The molecule has 3 rings (SSSR count). The Hall–Kier alpha value is -0.610. The van der Waals surface area contributed by atoms with Crippen molar-refractivity contribution in [1.82, 2.24) is 5.32 Å². The van der Waals surface area contributed by atoms with Gasteiger partial charge in [-0.1, -0.05) is 6.42 Å². The van der Waals surface area contributed by atoms with Crippen LogP contribution in [-0.2, 0) is 14.3 Å². The first-order valence-corrected chi connectivity index (χ1v) is 7.36. The van der Waals surface area contributed by atoms with Crippen LogP contribution in [0.4, 0.5) is 0 Å². The minimum atomic E-state index is -0.0569. The van der Waals surface area contributed by atoms with Crippen molar-refractivity contribution >= 4 is 5.97 Å². The molecule has 0 aromatic carbocycles. The van der Waals surface area contributed by atoms with Gasteiger partial charge in [0.2, 0.25) is 0 Å². The second-order valence-electron chi connectivity index (χ2n) is 5.86. The summed E-state index contributed by atoms with van der Waals surface area (Å²) >= 11 is 0. The lowest BCUT2D eigenvalue weighted by Crippen LogP contribution is -2.38. The number of ether oxygens (including phenoxy) is 2. The summed E-state index contributed by atoms with van der Waals surface area (Å²) in [6.07, 6.45) is 7.20. The highest BCUT2D eigenvalue weighted by molar-refractivity contribution is 5.76. The van der Waals surface area contributed by atoms with Crippen LogP contribution in [0.5, 0.6) is 0 Å². The fourth-order valence-electron chi connectivity index (χ4n) is 3.65. The van der Waals surface area contributed by atoms with E-state index in [0.717, 1.165) is 26.0 Å². The average Bonchev–Trinajstić information content (AvgIpc) is 2.99. The molecular weight excluding hydrogens is 230 g/mol. The molecular formula is C14H23NO3. The molecule has 1 saturated carbocycles. The van der Waals surface area contributed by atoms with Gasteiger partial charge < -0.3 is 14.8 Å². The number of carbonyl (C=O) groups excluding carboxylic acids is 1. The Labute approximate surface area is 108 Å². The van der Waals surface area contributed by atoms with E-state index >= 15 is 0 Å². The third kappa shape index (κ3) is 2.54. The smallest absolute Gasteiger partial charge is 0.323 e. The number of carbonyl (C=O) groups is 1. The van der Waals surface area contributed by atoms with Gasteiger partial charge in [-0.15, -0.1) is 0 Å². The summed E-state index contributed by atoms with van der Waals surface area (Å²) in [5.74, 6) is 1.16. The average molecular weight is 253 g/mol. The van der Waals surface area contributed by atoms with Crippen molar-refractivity contribution in [3.05, 3.63) is 0 Å². The molecule has 2 aliphatic heterocycles. The summed E-state index contributed by atoms with van der Waals surface area (Å²) in [5.41, 5.74) is 0. The quantitative estimate of drug-likeness (QED) is 0.774. The predicted octanol–water partition coefficient (Wildman–Crippen LogP) is 1.49. The molecule has 0 aromatic rings. The Kier molecular flexibility index (Phi) is 3.85. The van der Waals surface area contributed by atoms with Crippen molar-refractivity contribution in [2.45, 2.75) is 50.7 Å². The molecule has 0 spiro atoms. The van der Waals surface area contributed by atoms with E-state index in [-0.39, 0.29) is 18.1 Å². The van der Waals surface area contributed by atoms with Crippen LogP contribution in [0, 0.1) is 11.8 Å². The third-order valence-electron chi connectivity index (χ3n) is 4.69. The number of hydrogen-bond acceptors (Lipinski definition) is 4. The van der Waals surface area contributed by atoms with Crippen LogP contribution in [0.25, 0.3) is 0 Å². The Bertz CT molecular complexity index is 301. The lowest BCUT2D eigenvalue weighted by Gasteiger charge is -2.23. The zero-order chi connectivity index (χ0) is 12.4. The number of fused-ring (bicyclic) bond motifs is 1. The first kappa shape index (κ1) is 12.4. The number of rotatable bonds is 3. The van der Waals surface area contributed by atoms with E-state index < -0.39 is 0 Å². The van der Waals surface area contributed by atoms with Crippen LogP contribution in [-0.4, -0.2) is 37.9 Å². The van der Waals surface area contributed by atoms with Crippen molar-refractivity contribution in [3.63, 3.8) is 0 Å². The van der Waals surface area contributed by atoms with E-state index in [2.05, 4.69) is 5.32 Å². The molecule has 102 valence electrons. The van der Waals surface area contributed by atoms with Crippen LogP contribution < -0.4 is 5.32 Å². The molecule has 4 atom stereocenters. The maximum absolute atomic E-state index is 12.1. The molecule has 0 aromatic heterocycles. The first-order valence-electron chi connectivity index (χ1n) is 7.36. The van der Waals surface area contributed by atoms with Crippen LogP contribution >= 0.6 is 0 Å². The Morgan fingerprint density at radius 2 is 2.17 bits per heavy atom. The van der Waals surface area contributed by atoms with Gasteiger partial charge >= 0.3 is 5.97 Å². The van der Waals surface area contributed by atoms with Crippen molar-refractivity contribution in [3.8, 4) is 0 Å². The van der Waals surface area contributed by atoms with Gasteiger partial charge in [-0.2, -0.15) is 0 Å². The third-order valence-corrected chi connectivity index (χ3v) is 4.69. The zero-order valence-corrected chi connectivity index (χ0v) is 10.9. The summed E-state index contributed by atoms with van der Waals surface area (Å²) in [6.45, 7) is 2.24. The van der Waals surface area contributed by atoms with Gasteiger partial charge in [0.15, 0.2) is 0 Å². The van der Waals surface area contributed by atoms with Crippen molar-refractivity contribution < 1.29 is 14.3 Å². The molecule has 2 saturated heterocycles. The molecule has 3 aliphatic rings. The minimum absolute atomic E-state index is 0.0545. The highest BCUT2D eigenvalue weighted by atomic mass is 16.6. The van der Waals surface area contributed by atoms with E-state index in [1.807, 2.05) is 0 Å². The topological polar surface area (TPSA) is 47.6 Å². The molecule has 18 heavy (non-hydrogen) atoms. The van der Waals surface area contributed by atoms with Gasteiger partial charge in [0.25, 0.3) is 0 Å². The van der Waals surface area contributed by atoms with E-state index in [0.29, 0.717) is 18.4 Å². The fraction of sp³-hybridized carbons (Fsp3) is 0.929. The molecule has 4 unspecified atom stereocenters. The number of esters is 1. The molecule has 2 heterocycles. The highest BCUT2D eigenvalue weighted by Gasteiger charge is 2.43. The van der Waals surface area contributed by atoms with E-state index in [1.165, 1.54) is 25.7 Å². The summed E-state index contributed by atoms with van der Waals surface area (Å²) in [7, 11) is 0. The number of hydrogen-bond donors (Lipinski definition) is 1. The largest absolute Gasteiger partial charge is 0.462 e. The highest BCUT2D eigenvalue weighted by Crippen LogP contribution is 2.38. The van der Waals surface area contributed by atoms with E-state index in [4.69, 9.17) is 9.47 Å². The second-order valence-corrected chi connectivity index (χ2v) is 5.86. The van der Waals surface area contributed by atoms with Crippen LogP contribution in [0.1, 0.15) is 38.5 Å². The summed E-state index contributed by atoms with van der Waals surface area (Å²) in [4.78, 5) is 12.1. The monoisotopic (exact) mass is 253 g/mol. The van der Waals surface area contributed by atoms with Crippen molar-refractivity contribution in [1.29, 1.82) is 0 Å². The molecule has 0 amide bonds. The van der Waals surface area contributed by atoms with Crippen LogP contribution in [0.3, 0.4) is 0 Å². The number of nitrogens with one attached hydrogen (secondary N) is 1. The minimum Gasteiger partial charge on any atom is -0.462 e. The predicted molar refractivity (Wildman–Crippen MR) is 67.2 cm³/mol. The van der Waals surface area contributed by atoms with Crippen molar-refractivity contribution in [2.24, 2.45) is 11.8 Å². The molecule has 0 radical (unpaired) electrons. The standard InChI is InChI=1S/C14H23NO3/c16-14(18-9-11-5-1-2-7-17-11)13-12-6-3-4-10(12)8-15-13/h10-13,15H,1-9H2. The SMILES string of the molecule is O=C(OCC1CCCCO1)C1NCC2CCCC21. The van der Waals surface area contributed by atoms with Gasteiger partial charge in [0, 0.05) is 6.61 Å². The van der Waals surface area contributed by atoms with E-state index in [1.54, 1.807) is 0 Å². The summed E-state index contributed by atoms with van der Waals surface area (Å²) in [5, 5.41) is 3.33. The van der Waals surface area contributed by atoms with Gasteiger partial charge in [0.05, 0.1) is 6.10 Å². The van der Waals surface area contributed by atoms with Crippen LogP contribution in [0.15, 0.2) is 0 Å².